The zero-order chi connectivity index (χ0) is 17.5. The Balaban J connectivity index is 1.98. The third-order valence-corrected chi connectivity index (χ3v) is 4.40. The quantitative estimate of drug-likeness (QED) is 0.528. The van der Waals surface area contributed by atoms with Gasteiger partial charge in [-0.3, -0.25) is 19.4 Å². The molecule has 0 unspecified atom stereocenters. The number of carbonyl (C=O) groups excluding carboxylic acids is 2. The number of imide groups is 1. The van der Waals surface area contributed by atoms with E-state index in [1.165, 1.54) is 17.7 Å². The van der Waals surface area contributed by atoms with E-state index in [0.29, 0.717) is 11.6 Å². The minimum atomic E-state index is -0.237. The maximum absolute atomic E-state index is 12.3. The molecular weight excluding hydrogens is 324 g/mol. The molecule has 0 saturated carbocycles. The molecule has 1 heterocycles. The van der Waals surface area contributed by atoms with Crippen molar-refractivity contribution in [2.24, 2.45) is 0 Å². The molecule has 0 atom stereocenters. The number of benzene rings is 1. The molecule has 1 aliphatic heterocycles. The summed E-state index contributed by atoms with van der Waals surface area (Å²) in [4.78, 5) is 27.7. The molecule has 0 aliphatic carbocycles. The van der Waals surface area contributed by atoms with E-state index < -0.39 is 0 Å². The van der Waals surface area contributed by atoms with Gasteiger partial charge < -0.3 is 4.74 Å². The summed E-state index contributed by atoms with van der Waals surface area (Å²) in [6.07, 6.45) is 5.14. The fourth-order valence-electron chi connectivity index (χ4n) is 2.26. The minimum Gasteiger partial charge on any atom is -0.494 e. The van der Waals surface area contributed by atoms with Crippen molar-refractivity contribution in [3.8, 4) is 5.75 Å². The first-order valence-corrected chi connectivity index (χ1v) is 8.96. The largest absolute Gasteiger partial charge is 0.494 e. The van der Waals surface area contributed by atoms with Gasteiger partial charge in [-0.25, -0.2) is 0 Å². The monoisotopic (exact) mass is 348 g/mol. The summed E-state index contributed by atoms with van der Waals surface area (Å²) in [5.41, 5.74) is 0.881. The highest BCUT2D eigenvalue weighted by Gasteiger charge is 2.35. The molecule has 2 rings (SSSR count). The normalized spacial score (nSPS) is 16.5. The van der Waals surface area contributed by atoms with E-state index in [4.69, 9.17) is 4.74 Å². The van der Waals surface area contributed by atoms with E-state index in [0.717, 1.165) is 36.1 Å². The van der Waals surface area contributed by atoms with Gasteiger partial charge in [0.2, 0.25) is 0 Å². The molecule has 1 aromatic carbocycles. The van der Waals surface area contributed by atoms with Crippen LogP contribution in [0.3, 0.4) is 0 Å². The Kier molecular flexibility index (Phi) is 6.87. The van der Waals surface area contributed by atoms with E-state index in [-0.39, 0.29) is 11.1 Å². The fourth-order valence-corrected chi connectivity index (χ4v) is 3.09. The fraction of sp³-hybridized carbons (Fsp3) is 0.444. The molecule has 0 bridgehead atoms. The number of unbranched alkanes of at least 4 members (excludes halogenated alkanes) is 2. The number of carbonyl (C=O) groups is 2. The molecule has 6 heteroatoms. The number of nitrogens with zero attached hydrogens (tertiary/aromatic N) is 2. The summed E-state index contributed by atoms with van der Waals surface area (Å²) in [7, 11) is 3.65. The molecule has 0 radical (unpaired) electrons. The smallest absolute Gasteiger partial charge is 0.294 e. The summed E-state index contributed by atoms with van der Waals surface area (Å²) >= 11 is 0.983. The summed E-state index contributed by atoms with van der Waals surface area (Å²) in [6.45, 7) is 3.18. The van der Waals surface area contributed by atoms with Crippen LogP contribution in [0, 0.1) is 0 Å². The molecule has 0 N–H and O–H groups in total. The third-order valence-electron chi connectivity index (χ3n) is 3.49. The molecule has 1 fully saturated rings. The molecule has 1 aliphatic rings. The van der Waals surface area contributed by atoms with Crippen molar-refractivity contribution in [3.63, 3.8) is 0 Å². The van der Waals surface area contributed by atoms with Gasteiger partial charge in [0.25, 0.3) is 11.1 Å². The van der Waals surface area contributed by atoms with Crippen LogP contribution >= 0.6 is 11.8 Å². The lowest BCUT2D eigenvalue weighted by Gasteiger charge is -2.17. The zero-order valence-corrected chi connectivity index (χ0v) is 15.3. The number of amides is 2. The van der Waals surface area contributed by atoms with Gasteiger partial charge >= 0.3 is 0 Å². The average molecular weight is 348 g/mol. The highest BCUT2D eigenvalue weighted by Crippen LogP contribution is 2.32. The van der Waals surface area contributed by atoms with Crippen molar-refractivity contribution >= 4 is 29.0 Å². The second-order valence-electron chi connectivity index (χ2n) is 5.96. The van der Waals surface area contributed by atoms with Crippen LogP contribution in [0.25, 0.3) is 6.08 Å². The molecular formula is C18H24N2O3S. The van der Waals surface area contributed by atoms with Gasteiger partial charge in [-0.1, -0.05) is 31.9 Å². The van der Waals surface area contributed by atoms with Gasteiger partial charge in [-0.05, 0) is 56.1 Å². The predicted octanol–water partition coefficient (Wildman–Crippen LogP) is 3.81. The Labute approximate surface area is 147 Å². The minimum absolute atomic E-state index is 0.226. The second kappa shape index (κ2) is 8.89. The van der Waals surface area contributed by atoms with Gasteiger partial charge in [0.15, 0.2) is 0 Å². The molecule has 1 saturated heterocycles. The first kappa shape index (κ1) is 18.5. The van der Waals surface area contributed by atoms with E-state index in [1.54, 1.807) is 11.0 Å². The third kappa shape index (κ3) is 5.11. The molecule has 0 aromatic heterocycles. The number of hydrogen-bond acceptors (Lipinski definition) is 5. The van der Waals surface area contributed by atoms with Gasteiger partial charge in [-0.2, -0.15) is 0 Å². The SMILES string of the molecule is CCCCCOc1ccc(/C=C2/SC(=O)N(CN(C)C)C2=O)cc1. The maximum Gasteiger partial charge on any atom is 0.294 e. The van der Waals surface area contributed by atoms with E-state index >= 15 is 0 Å². The highest BCUT2D eigenvalue weighted by molar-refractivity contribution is 8.18. The Morgan fingerprint density at radius 3 is 2.50 bits per heavy atom. The lowest BCUT2D eigenvalue weighted by Crippen LogP contribution is -2.36. The topological polar surface area (TPSA) is 49.9 Å². The van der Waals surface area contributed by atoms with E-state index in [1.807, 2.05) is 38.4 Å². The first-order valence-electron chi connectivity index (χ1n) is 8.14. The van der Waals surface area contributed by atoms with Crippen LogP contribution in [0.2, 0.25) is 0 Å². The van der Waals surface area contributed by atoms with Crippen LogP contribution in [0.4, 0.5) is 4.79 Å². The van der Waals surface area contributed by atoms with Crippen LogP contribution < -0.4 is 4.74 Å². The number of thioether (sulfide) groups is 1. The second-order valence-corrected chi connectivity index (χ2v) is 6.95. The van der Waals surface area contributed by atoms with Gasteiger partial charge in [0.1, 0.15) is 5.75 Å². The molecule has 1 aromatic rings. The molecule has 2 amide bonds. The Morgan fingerprint density at radius 1 is 1.17 bits per heavy atom. The Morgan fingerprint density at radius 2 is 1.88 bits per heavy atom. The van der Waals surface area contributed by atoms with Gasteiger partial charge in [0, 0.05) is 0 Å². The van der Waals surface area contributed by atoms with Crippen molar-refractivity contribution in [3.05, 3.63) is 34.7 Å². The van der Waals surface area contributed by atoms with Crippen molar-refractivity contribution < 1.29 is 14.3 Å². The number of ether oxygens (including phenoxy) is 1. The molecule has 130 valence electrons. The van der Waals surface area contributed by atoms with Crippen molar-refractivity contribution in [1.29, 1.82) is 0 Å². The average Bonchev–Trinajstić information content (AvgIpc) is 2.80. The maximum atomic E-state index is 12.3. The lowest BCUT2D eigenvalue weighted by molar-refractivity contribution is -0.123. The summed E-state index contributed by atoms with van der Waals surface area (Å²) in [6, 6.07) is 7.58. The van der Waals surface area contributed by atoms with E-state index in [2.05, 4.69) is 6.92 Å². The predicted molar refractivity (Wildman–Crippen MR) is 97.8 cm³/mol. The molecule has 0 spiro atoms. The Hall–Kier alpha value is -1.79. The number of rotatable bonds is 8. The van der Waals surface area contributed by atoms with Crippen molar-refractivity contribution in [2.45, 2.75) is 26.2 Å². The summed E-state index contributed by atoms with van der Waals surface area (Å²) in [5, 5.41) is -0.226. The Bertz CT molecular complexity index is 611. The zero-order valence-electron chi connectivity index (χ0n) is 14.4. The van der Waals surface area contributed by atoms with Crippen molar-refractivity contribution in [2.75, 3.05) is 27.4 Å². The van der Waals surface area contributed by atoms with Crippen LogP contribution in [0.5, 0.6) is 5.75 Å². The standard InChI is InChI=1S/C18H24N2O3S/c1-4-5-6-11-23-15-9-7-14(8-10-15)12-16-17(21)20(13-19(2)3)18(22)24-16/h7-10,12H,4-6,11,13H2,1-3H3/b16-12+. The van der Waals surface area contributed by atoms with Crippen LogP contribution in [-0.2, 0) is 4.79 Å². The number of hydrogen-bond donors (Lipinski definition) is 0. The lowest BCUT2D eigenvalue weighted by atomic mass is 10.2. The summed E-state index contributed by atoms with van der Waals surface area (Å²) in [5.74, 6) is 0.586. The van der Waals surface area contributed by atoms with Crippen LogP contribution in [-0.4, -0.2) is 48.3 Å². The summed E-state index contributed by atoms with van der Waals surface area (Å²) < 4.78 is 5.67. The van der Waals surface area contributed by atoms with E-state index in [9.17, 15) is 9.59 Å². The van der Waals surface area contributed by atoms with Gasteiger partial charge in [-0.15, -0.1) is 0 Å². The molecule has 5 nitrogen and oxygen atoms in total. The molecule has 24 heavy (non-hydrogen) atoms. The van der Waals surface area contributed by atoms with Crippen molar-refractivity contribution in [1.82, 2.24) is 9.80 Å². The van der Waals surface area contributed by atoms with Crippen LogP contribution in [0.1, 0.15) is 31.7 Å². The highest BCUT2D eigenvalue weighted by atomic mass is 32.2. The first-order chi connectivity index (χ1) is 11.5. The van der Waals surface area contributed by atoms with Crippen LogP contribution in [0.15, 0.2) is 29.2 Å². The van der Waals surface area contributed by atoms with Gasteiger partial charge in [0.05, 0.1) is 18.2 Å².